The molecule has 0 bridgehead atoms. The SMILES string of the molecule is Cc1ccc(C(N)=O)s1.Cl. The molecule has 2 nitrogen and oxygen atoms in total. The van der Waals surface area contributed by atoms with Crippen LogP contribution in [0.1, 0.15) is 14.5 Å². The minimum atomic E-state index is -0.340. The lowest BCUT2D eigenvalue weighted by molar-refractivity contribution is 0.100. The Hall–Kier alpha value is -0.540. The highest BCUT2D eigenvalue weighted by atomic mass is 35.5. The maximum absolute atomic E-state index is 10.4. The summed E-state index contributed by atoms with van der Waals surface area (Å²) in [6.07, 6.45) is 0. The summed E-state index contributed by atoms with van der Waals surface area (Å²) in [6, 6.07) is 3.62. The van der Waals surface area contributed by atoms with E-state index < -0.39 is 0 Å². The van der Waals surface area contributed by atoms with Crippen LogP contribution in [0.3, 0.4) is 0 Å². The lowest BCUT2D eigenvalue weighted by Gasteiger charge is -1.81. The summed E-state index contributed by atoms with van der Waals surface area (Å²) in [5, 5.41) is 0. The van der Waals surface area contributed by atoms with Crippen molar-refractivity contribution in [3.8, 4) is 0 Å². The van der Waals surface area contributed by atoms with Gasteiger partial charge in [-0.25, -0.2) is 0 Å². The minimum absolute atomic E-state index is 0. The molecular formula is C6H8ClNOS. The van der Waals surface area contributed by atoms with Gasteiger partial charge in [0.15, 0.2) is 0 Å². The number of nitrogens with two attached hydrogens (primary N) is 1. The molecule has 0 radical (unpaired) electrons. The summed E-state index contributed by atoms with van der Waals surface area (Å²) in [6.45, 7) is 1.94. The Balaban J connectivity index is 0.000000810. The average Bonchev–Trinajstić information content (AvgIpc) is 2.14. The number of amides is 1. The Morgan fingerprint density at radius 1 is 1.60 bits per heavy atom. The molecule has 1 aromatic heterocycles. The molecule has 0 aliphatic heterocycles. The van der Waals surface area contributed by atoms with E-state index in [-0.39, 0.29) is 18.3 Å². The molecule has 0 fully saturated rings. The van der Waals surface area contributed by atoms with Crippen molar-refractivity contribution in [3.05, 3.63) is 21.9 Å². The Bertz CT molecular complexity index is 233. The fourth-order valence-corrected chi connectivity index (χ4v) is 1.29. The molecular weight excluding hydrogens is 170 g/mol. The maximum atomic E-state index is 10.4. The summed E-state index contributed by atoms with van der Waals surface area (Å²) < 4.78 is 0. The van der Waals surface area contributed by atoms with Crippen molar-refractivity contribution < 1.29 is 4.79 Å². The number of carbonyl (C=O) groups is 1. The predicted molar refractivity (Wildman–Crippen MR) is 44.8 cm³/mol. The lowest BCUT2D eigenvalue weighted by Crippen LogP contribution is -2.07. The van der Waals surface area contributed by atoms with Crippen LogP contribution >= 0.6 is 23.7 Å². The van der Waals surface area contributed by atoms with Crippen LogP contribution in [-0.2, 0) is 0 Å². The zero-order valence-electron chi connectivity index (χ0n) is 5.46. The van der Waals surface area contributed by atoms with Gasteiger partial charge in [-0.1, -0.05) is 0 Å². The molecule has 0 spiro atoms. The predicted octanol–water partition coefficient (Wildman–Crippen LogP) is 1.58. The number of thiophene rings is 1. The number of hydrogen-bond acceptors (Lipinski definition) is 2. The van der Waals surface area contributed by atoms with Crippen LogP contribution in [0.15, 0.2) is 12.1 Å². The number of carbonyl (C=O) groups excluding carboxylic acids is 1. The van der Waals surface area contributed by atoms with Crippen LogP contribution < -0.4 is 5.73 Å². The molecule has 0 unspecified atom stereocenters. The van der Waals surface area contributed by atoms with Gasteiger partial charge in [-0.3, -0.25) is 4.79 Å². The Labute approximate surface area is 69.5 Å². The van der Waals surface area contributed by atoms with Crippen molar-refractivity contribution in [2.45, 2.75) is 6.92 Å². The van der Waals surface area contributed by atoms with E-state index in [0.29, 0.717) is 4.88 Å². The summed E-state index contributed by atoms with van der Waals surface area (Å²) in [5.41, 5.74) is 5.00. The number of primary amides is 1. The first kappa shape index (κ1) is 9.46. The molecule has 0 saturated carbocycles. The lowest BCUT2D eigenvalue weighted by atomic mass is 10.4. The van der Waals surface area contributed by atoms with Gasteiger partial charge in [0.25, 0.3) is 5.91 Å². The van der Waals surface area contributed by atoms with Gasteiger partial charge in [0.2, 0.25) is 0 Å². The second-order valence-corrected chi connectivity index (χ2v) is 3.06. The Morgan fingerprint density at radius 3 is 2.40 bits per heavy atom. The molecule has 2 N–H and O–H groups in total. The van der Waals surface area contributed by atoms with Gasteiger partial charge in [-0.05, 0) is 19.1 Å². The van der Waals surface area contributed by atoms with Crippen molar-refractivity contribution in [2.24, 2.45) is 5.73 Å². The maximum Gasteiger partial charge on any atom is 0.258 e. The van der Waals surface area contributed by atoms with Crippen molar-refractivity contribution >= 4 is 29.7 Å². The number of rotatable bonds is 1. The van der Waals surface area contributed by atoms with Gasteiger partial charge in [-0.15, -0.1) is 23.7 Å². The van der Waals surface area contributed by atoms with Crippen LogP contribution in [0.25, 0.3) is 0 Å². The highest BCUT2D eigenvalue weighted by molar-refractivity contribution is 7.13. The normalized spacial score (nSPS) is 8.50. The molecule has 0 aliphatic carbocycles. The monoisotopic (exact) mass is 177 g/mol. The standard InChI is InChI=1S/C6H7NOS.ClH/c1-4-2-3-5(9-4)6(7)8;/h2-3H,1H3,(H2,7,8);1H. The third kappa shape index (κ3) is 2.01. The van der Waals surface area contributed by atoms with Gasteiger partial charge >= 0.3 is 0 Å². The second-order valence-electron chi connectivity index (χ2n) is 1.77. The topological polar surface area (TPSA) is 43.1 Å². The molecule has 56 valence electrons. The second kappa shape index (κ2) is 3.58. The van der Waals surface area contributed by atoms with Crippen LogP contribution in [-0.4, -0.2) is 5.91 Å². The van der Waals surface area contributed by atoms with Gasteiger partial charge in [-0.2, -0.15) is 0 Å². The van der Waals surface area contributed by atoms with Gasteiger partial charge < -0.3 is 5.73 Å². The largest absolute Gasteiger partial charge is 0.365 e. The molecule has 0 saturated heterocycles. The van der Waals surface area contributed by atoms with E-state index in [1.54, 1.807) is 6.07 Å². The van der Waals surface area contributed by atoms with E-state index in [4.69, 9.17) is 5.73 Å². The van der Waals surface area contributed by atoms with Crippen molar-refractivity contribution in [2.75, 3.05) is 0 Å². The highest BCUT2D eigenvalue weighted by Gasteiger charge is 2.00. The van der Waals surface area contributed by atoms with E-state index in [2.05, 4.69) is 0 Å². The molecule has 10 heavy (non-hydrogen) atoms. The fraction of sp³-hybridized carbons (Fsp3) is 0.167. The Kier molecular flexibility index (Phi) is 3.39. The van der Waals surface area contributed by atoms with Gasteiger partial charge in [0.05, 0.1) is 4.88 Å². The third-order valence-electron chi connectivity index (χ3n) is 0.983. The van der Waals surface area contributed by atoms with E-state index in [0.717, 1.165) is 4.88 Å². The summed E-state index contributed by atoms with van der Waals surface area (Å²) in [4.78, 5) is 12.2. The van der Waals surface area contributed by atoms with Crippen molar-refractivity contribution in [1.29, 1.82) is 0 Å². The molecule has 4 heteroatoms. The van der Waals surface area contributed by atoms with Crippen molar-refractivity contribution in [3.63, 3.8) is 0 Å². The summed E-state index contributed by atoms with van der Waals surface area (Å²) in [7, 11) is 0. The highest BCUT2D eigenvalue weighted by Crippen LogP contribution is 2.13. The first-order valence-corrected chi connectivity index (χ1v) is 3.38. The van der Waals surface area contributed by atoms with Gasteiger partial charge in [0, 0.05) is 4.88 Å². The molecule has 1 rings (SSSR count). The van der Waals surface area contributed by atoms with Crippen LogP contribution in [0.2, 0.25) is 0 Å². The Morgan fingerprint density at radius 2 is 2.20 bits per heavy atom. The molecule has 0 aromatic carbocycles. The minimum Gasteiger partial charge on any atom is -0.365 e. The fourth-order valence-electron chi connectivity index (χ4n) is 0.567. The quantitative estimate of drug-likeness (QED) is 0.696. The molecule has 1 heterocycles. The number of hydrogen-bond donors (Lipinski definition) is 1. The summed E-state index contributed by atoms with van der Waals surface area (Å²) >= 11 is 1.42. The number of halogens is 1. The zero-order chi connectivity index (χ0) is 6.85. The van der Waals surface area contributed by atoms with E-state index >= 15 is 0 Å². The van der Waals surface area contributed by atoms with Crippen LogP contribution in [0, 0.1) is 6.92 Å². The van der Waals surface area contributed by atoms with E-state index in [1.165, 1.54) is 11.3 Å². The molecule has 0 atom stereocenters. The van der Waals surface area contributed by atoms with Crippen LogP contribution in [0.4, 0.5) is 0 Å². The van der Waals surface area contributed by atoms with E-state index in [1.807, 2.05) is 13.0 Å². The van der Waals surface area contributed by atoms with Crippen LogP contribution in [0.5, 0.6) is 0 Å². The van der Waals surface area contributed by atoms with E-state index in [9.17, 15) is 4.79 Å². The van der Waals surface area contributed by atoms with Crippen molar-refractivity contribution in [1.82, 2.24) is 0 Å². The smallest absolute Gasteiger partial charge is 0.258 e. The number of aryl methyl sites for hydroxylation is 1. The zero-order valence-corrected chi connectivity index (χ0v) is 7.09. The molecule has 1 amide bonds. The third-order valence-corrected chi connectivity index (χ3v) is 2.00. The van der Waals surface area contributed by atoms with Gasteiger partial charge in [0.1, 0.15) is 0 Å². The molecule has 1 aromatic rings. The molecule has 0 aliphatic rings. The first-order chi connectivity index (χ1) is 4.20. The average molecular weight is 178 g/mol. The summed E-state index contributed by atoms with van der Waals surface area (Å²) in [5.74, 6) is -0.340. The first-order valence-electron chi connectivity index (χ1n) is 2.56.